The van der Waals surface area contributed by atoms with E-state index in [1.807, 2.05) is 18.2 Å². The number of ether oxygens (including phenoxy) is 2. The Kier molecular flexibility index (Phi) is 4.91. The Balaban J connectivity index is 1.61. The van der Waals surface area contributed by atoms with E-state index in [-0.39, 0.29) is 5.69 Å². The number of esters is 1. The molecule has 1 aliphatic carbocycles. The van der Waals surface area contributed by atoms with Gasteiger partial charge in [-0.15, -0.1) is 0 Å². The van der Waals surface area contributed by atoms with Crippen LogP contribution in [0.5, 0.6) is 11.5 Å². The molecule has 0 N–H and O–H groups in total. The van der Waals surface area contributed by atoms with Crippen LogP contribution in [0.1, 0.15) is 47.8 Å². The number of benzene rings is 1. The van der Waals surface area contributed by atoms with Gasteiger partial charge < -0.3 is 9.47 Å². The maximum absolute atomic E-state index is 12.2. The van der Waals surface area contributed by atoms with Crippen molar-refractivity contribution in [2.75, 3.05) is 6.61 Å². The van der Waals surface area contributed by atoms with Crippen molar-refractivity contribution in [3.63, 3.8) is 0 Å². The van der Waals surface area contributed by atoms with Gasteiger partial charge in [0, 0.05) is 0 Å². The highest BCUT2D eigenvalue weighted by molar-refractivity contribution is 5.89. The number of aryl methyl sites for hydroxylation is 2. The van der Waals surface area contributed by atoms with Gasteiger partial charge >= 0.3 is 5.97 Å². The summed E-state index contributed by atoms with van der Waals surface area (Å²) in [6.45, 7) is 2.77. The van der Waals surface area contributed by atoms with Crippen LogP contribution in [0, 0.1) is 0 Å². The second-order valence-electron chi connectivity index (χ2n) is 5.75. The van der Waals surface area contributed by atoms with Gasteiger partial charge in [0.1, 0.15) is 17.2 Å². The third-order valence-electron chi connectivity index (χ3n) is 3.99. The highest BCUT2D eigenvalue weighted by atomic mass is 16.5. The molecular weight excluding hydrogens is 290 g/mol. The molecule has 1 aromatic carbocycles. The molecule has 2 aromatic rings. The summed E-state index contributed by atoms with van der Waals surface area (Å²) in [5, 5.41) is 0. The van der Waals surface area contributed by atoms with Crippen molar-refractivity contribution in [2.45, 2.75) is 39.0 Å². The number of unbranched alkanes of at least 4 members (excludes halogenated alkanes) is 1. The van der Waals surface area contributed by atoms with E-state index in [0.717, 1.165) is 25.7 Å². The molecule has 3 rings (SSSR count). The highest BCUT2D eigenvalue weighted by Crippen LogP contribution is 2.26. The zero-order chi connectivity index (χ0) is 16.1. The molecule has 0 radical (unpaired) electrons. The van der Waals surface area contributed by atoms with E-state index in [1.54, 1.807) is 18.3 Å². The average Bonchev–Trinajstić information content (AvgIpc) is 3.03. The number of carbonyl (C=O) groups excluding carboxylic acids is 1. The molecule has 0 bridgehead atoms. The third-order valence-corrected chi connectivity index (χ3v) is 3.99. The average molecular weight is 311 g/mol. The third kappa shape index (κ3) is 3.89. The van der Waals surface area contributed by atoms with E-state index in [2.05, 4.69) is 11.9 Å². The minimum Gasteiger partial charge on any atom is -0.492 e. The smallest absolute Gasteiger partial charge is 0.362 e. The van der Waals surface area contributed by atoms with E-state index < -0.39 is 5.97 Å². The number of aromatic nitrogens is 1. The second-order valence-corrected chi connectivity index (χ2v) is 5.75. The molecule has 4 nitrogen and oxygen atoms in total. The summed E-state index contributed by atoms with van der Waals surface area (Å²) in [7, 11) is 0. The summed E-state index contributed by atoms with van der Waals surface area (Å²) in [6, 6.07) is 9.24. The van der Waals surface area contributed by atoms with Crippen LogP contribution in [0.4, 0.5) is 0 Å². The zero-order valence-corrected chi connectivity index (χ0v) is 13.4. The molecule has 120 valence electrons. The lowest BCUT2D eigenvalue weighted by Gasteiger charge is -2.07. The van der Waals surface area contributed by atoms with Gasteiger partial charge in [-0.3, -0.25) is 0 Å². The Morgan fingerprint density at radius 3 is 2.74 bits per heavy atom. The van der Waals surface area contributed by atoms with Crippen LogP contribution in [0.3, 0.4) is 0 Å². The Labute approximate surface area is 136 Å². The van der Waals surface area contributed by atoms with E-state index in [9.17, 15) is 4.79 Å². The first-order valence-corrected chi connectivity index (χ1v) is 8.19. The molecule has 0 aliphatic heterocycles. The predicted octanol–water partition coefficient (Wildman–Crippen LogP) is 3.97. The lowest BCUT2D eigenvalue weighted by Crippen LogP contribution is -2.10. The first-order valence-electron chi connectivity index (χ1n) is 8.19. The van der Waals surface area contributed by atoms with Crippen molar-refractivity contribution >= 4 is 5.97 Å². The van der Waals surface area contributed by atoms with Crippen LogP contribution < -0.4 is 9.47 Å². The van der Waals surface area contributed by atoms with Crippen molar-refractivity contribution in [2.24, 2.45) is 0 Å². The van der Waals surface area contributed by atoms with Crippen molar-refractivity contribution in [3.8, 4) is 11.5 Å². The molecule has 0 unspecified atom stereocenters. The van der Waals surface area contributed by atoms with Gasteiger partial charge in [-0.1, -0.05) is 19.4 Å². The summed E-state index contributed by atoms with van der Waals surface area (Å²) in [4.78, 5) is 16.3. The molecule has 1 aromatic heterocycles. The zero-order valence-electron chi connectivity index (χ0n) is 13.4. The molecule has 4 heteroatoms. The lowest BCUT2D eigenvalue weighted by molar-refractivity contribution is 0.0728. The fourth-order valence-corrected chi connectivity index (χ4v) is 2.69. The molecule has 0 atom stereocenters. The number of pyridine rings is 1. The molecule has 0 fully saturated rings. The minimum atomic E-state index is -0.442. The van der Waals surface area contributed by atoms with Crippen LogP contribution in [0.2, 0.25) is 0 Å². The number of rotatable bonds is 6. The normalized spacial score (nSPS) is 12.7. The van der Waals surface area contributed by atoms with E-state index in [1.165, 1.54) is 17.5 Å². The second kappa shape index (κ2) is 7.27. The van der Waals surface area contributed by atoms with Gasteiger partial charge in [0.05, 0.1) is 12.8 Å². The minimum absolute atomic E-state index is 0.285. The Hall–Kier alpha value is -2.36. The Morgan fingerprint density at radius 1 is 1.13 bits per heavy atom. The predicted molar refractivity (Wildman–Crippen MR) is 88.1 cm³/mol. The molecule has 0 amide bonds. The van der Waals surface area contributed by atoms with Crippen LogP contribution in [0.25, 0.3) is 0 Å². The number of fused-ring (bicyclic) bond motifs is 1. The topological polar surface area (TPSA) is 48.4 Å². The number of hydrogen-bond donors (Lipinski definition) is 0. The lowest BCUT2D eigenvalue weighted by atomic mass is 10.1. The molecule has 1 aliphatic rings. The number of nitrogens with zero attached hydrogens (tertiary/aromatic N) is 1. The highest BCUT2D eigenvalue weighted by Gasteiger charge is 2.14. The first kappa shape index (κ1) is 15.5. The van der Waals surface area contributed by atoms with Crippen LogP contribution in [-0.2, 0) is 12.8 Å². The van der Waals surface area contributed by atoms with Gasteiger partial charge in [0.25, 0.3) is 0 Å². The van der Waals surface area contributed by atoms with Crippen molar-refractivity contribution in [3.05, 3.63) is 53.3 Å². The Bertz CT molecular complexity index is 680. The number of hydrogen-bond acceptors (Lipinski definition) is 4. The summed E-state index contributed by atoms with van der Waals surface area (Å²) in [5.41, 5.74) is 2.92. The fraction of sp³-hybridized carbons (Fsp3) is 0.368. The molecule has 0 spiro atoms. The van der Waals surface area contributed by atoms with Gasteiger partial charge in [0.15, 0.2) is 0 Å². The quantitative estimate of drug-likeness (QED) is 0.460. The van der Waals surface area contributed by atoms with Gasteiger partial charge in [-0.2, -0.15) is 0 Å². The van der Waals surface area contributed by atoms with Gasteiger partial charge in [-0.25, -0.2) is 9.78 Å². The maximum Gasteiger partial charge on any atom is 0.362 e. The summed E-state index contributed by atoms with van der Waals surface area (Å²) >= 11 is 0. The van der Waals surface area contributed by atoms with Crippen molar-refractivity contribution in [1.29, 1.82) is 0 Å². The summed E-state index contributed by atoms with van der Waals surface area (Å²) < 4.78 is 11.0. The van der Waals surface area contributed by atoms with Crippen molar-refractivity contribution < 1.29 is 14.3 Å². The molecule has 1 heterocycles. The van der Waals surface area contributed by atoms with Crippen LogP contribution in [0.15, 0.2) is 36.5 Å². The maximum atomic E-state index is 12.2. The van der Waals surface area contributed by atoms with Crippen LogP contribution >= 0.6 is 0 Å². The van der Waals surface area contributed by atoms with Crippen LogP contribution in [-0.4, -0.2) is 17.6 Å². The molecule has 0 saturated heterocycles. The SMILES string of the molecule is CCCCOc1ccc(C(=O)Oc2ccc3c(c2)CCC3)nc1. The summed E-state index contributed by atoms with van der Waals surface area (Å²) in [5.74, 6) is 0.816. The van der Waals surface area contributed by atoms with E-state index in [4.69, 9.17) is 9.47 Å². The standard InChI is InChI=1S/C19H21NO3/c1-2-3-11-22-17-9-10-18(20-13-17)19(21)23-16-8-7-14-5-4-6-15(14)12-16/h7-10,12-13H,2-6,11H2,1H3. The van der Waals surface area contributed by atoms with E-state index in [0.29, 0.717) is 18.1 Å². The number of carbonyl (C=O) groups is 1. The van der Waals surface area contributed by atoms with Gasteiger partial charge in [0.2, 0.25) is 0 Å². The summed E-state index contributed by atoms with van der Waals surface area (Å²) in [6.07, 6.45) is 7.00. The first-order chi connectivity index (χ1) is 11.3. The van der Waals surface area contributed by atoms with E-state index >= 15 is 0 Å². The fourth-order valence-electron chi connectivity index (χ4n) is 2.69. The van der Waals surface area contributed by atoms with Crippen molar-refractivity contribution in [1.82, 2.24) is 4.98 Å². The van der Waals surface area contributed by atoms with Gasteiger partial charge in [-0.05, 0) is 61.1 Å². The Morgan fingerprint density at radius 2 is 1.96 bits per heavy atom. The molecule has 0 saturated carbocycles. The monoisotopic (exact) mass is 311 g/mol. The largest absolute Gasteiger partial charge is 0.492 e. The molecule has 23 heavy (non-hydrogen) atoms. The molecular formula is C19H21NO3.